The van der Waals surface area contributed by atoms with Crippen molar-refractivity contribution in [2.24, 2.45) is 5.92 Å². The Hall–Kier alpha value is -2.00. The third-order valence-corrected chi connectivity index (χ3v) is 5.27. The summed E-state index contributed by atoms with van der Waals surface area (Å²) in [6.45, 7) is 2.48. The van der Waals surface area contributed by atoms with E-state index in [0.29, 0.717) is 36.5 Å². The van der Waals surface area contributed by atoms with E-state index in [1.807, 2.05) is 0 Å². The zero-order chi connectivity index (χ0) is 16.6. The number of aryl methyl sites for hydroxylation is 1. The maximum absolute atomic E-state index is 12.4. The molecule has 1 aliphatic rings. The maximum Gasteiger partial charge on any atom is 0.258 e. The number of anilines is 1. The van der Waals surface area contributed by atoms with E-state index in [9.17, 15) is 13.2 Å². The second kappa shape index (κ2) is 5.89. The van der Waals surface area contributed by atoms with Crippen LogP contribution in [0.5, 0.6) is 0 Å². The summed E-state index contributed by atoms with van der Waals surface area (Å²) in [6, 6.07) is 1.75. The number of aromatic nitrogens is 2. The predicted octanol–water partition coefficient (Wildman–Crippen LogP) is 1.14. The van der Waals surface area contributed by atoms with Gasteiger partial charge in [0.15, 0.2) is 0 Å². The zero-order valence-electron chi connectivity index (χ0n) is 12.9. The molecule has 1 unspecified atom stereocenters. The number of rotatable bonds is 3. The fourth-order valence-corrected chi connectivity index (χ4v) is 3.63. The van der Waals surface area contributed by atoms with Crippen LogP contribution >= 0.6 is 0 Å². The molecule has 9 heteroatoms. The van der Waals surface area contributed by atoms with Gasteiger partial charge >= 0.3 is 0 Å². The van der Waals surface area contributed by atoms with Gasteiger partial charge in [0.1, 0.15) is 0 Å². The number of carbonyl (C=O) groups excluding carboxylic acids is 1. The Morgan fingerprint density at radius 1 is 1.48 bits per heavy atom. The number of piperidine rings is 1. The molecular formula is C14H18N4O4S. The van der Waals surface area contributed by atoms with Gasteiger partial charge in [0.25, 0.3) is 5.71 Å². The summed E-state index contributed by atoms with van der Waals surface area (Å²) in [7, 11) is -3.27. The van der Waals surface area contributed by atoms with Gasteiger partial charge < -0.3 is 9.84 Å². The second-order valence-corrected chi connectivity index (χ2v) is 7.78. The average molecular weight is 338 g/mol. The Morgan fingerprint density at radius 3 is 3.00 bits per heavy atom. The number of nitrogens with one attached hydrogen (secondary N) is 1. The van der Waals surface area contributed by atoms with Crippen molar-refractivity contribution in [3.8, 4) is 0 Å². The molecule has 0 radical (unpaired) electrons. The lowest BCUT2D eigenvalue weighted by Gasteiger charge is -2.30. The summed E-state index contributed by atoms with van der Waals surface area (Å²) >= 11 is 0. The number of sulfonamides is 1. The van der Waals surface area contributed by atoms with E-state index in [1.54, 1.807) is 13.0 Å². The van der Waals surface area contributed by atoms with Gasteiger partial charge in [-0.15, -0.1) is 0 Å². The third kappa shape index (κ3) is 3.35. The van der Waals surface area contributed by atoms with Crippen molar-refractivity contribution in [2.45, 2.75) is 19.8 Å². The van der Waals surface area contributed by atoms with Crippen LogP contribution in [-0.4, -0.2) is 48.1 Å². The summed E-state index contributed by atoms with van der Waals surface area (Å²) in [5.74, 6) is -0.564. The standard InChI is InChI=1S/C14H18N4O4S/c1-9-12-6-11(7-15-14(12)22-17-9)16-13(19)10-4-3-5-18(8-10)23(2,20)21/h6-7,10H,3-5,8H2,1-2H3,(H,16,19). The molecule has 1 aliphatic heterocycles. The first-order valence-corrected chi connectivity index (χ1v) is 9.17. The Kier molecular flexibility index (Phi) is 4.07. The topological polar surface area (TPSA) is 105 Å². The highest BCUT2D eigenvalue weighted by atomic mass is 32.2. The fourth-order valence-electron chi connectivity index (χ4n) is 2.72. The minimum absolute atomic E-state index is 0.200. The molecule has 1 fully saturated rings. The lowest BCUT2D eigenvalue weighted by atomic mass is 9.99. The second-order valence-electron chi connectivity index (χ2n) is 5.79. The number of hydrogen-bond acceptors (Lipinski definition) is 6. The molecule has 2 aromatic rings. The smallest absolute Gasteiger partial charge is 0.258 e. The van der Waals surface area contributed by atoms with Gasteiger partial charge in [-0.3, -0.25) is 4.79 Å². The summed E-state index contributed by atoms with van der Waals surface area (Å²) < 4.78 is 29.7. The molecule has 2 aromatic heterocycles. The highest BCUT2D eigenvalue weighted by molar-refractivity contribution is 7.88. The van der Waals surface area contributed by atoms with Crippen LogP contribution < -0.4 is 5.32 Å². The molecule has 1 amide bonds. The van der Waals surface area contributed by atoms with Gasteiger partial charge in [-0.05, 0) is 25.8 Å². The van der Waals surface area contributed by atoms with Crippen molar-refractivity contribution in [3.63, 3.8) is 0 Å². The first-order chi connectivity index (χ1) is 10.8. The molecule has 1 atom stereocenters. The highest BCUT2D eigenvalue weighted by Crippen LogP contribution is 2.23. The molecule has 0 bridgehead atoms. The molecule has 124 valence electrons. The van der Waals surface area contributed by atoms with Crippen molar-refractivity contribution in [1.82, 2.24) is 14.4 Å². The minimum Gasteiger partial charge on any atom is -0.336 e. The summed E-state index contributed by atoms with van der Waals surface area (Å²) in [6.07, 6.45) is 4.01. The number of pyridine rings is 1. The van der Waals surface area contributed by atoms with E-state index in [-0.39, 0.29) is 18.4 Å². The summed E-state index contributed by atoms with van der Waals surface area (Å²) in [4.78, 5) is 16.5. The molecule has 8 nitrogen and oxygen atoms in total. The van der Waals surface area contributed by atoms with E-state index >= 15 is 0 Å². The van der Waals surface area contributed by atoms with Gasteiger partial charge in [-0.1, -0.05) is 5.16 Å². The van der Waals surface area contributed by atoms with Crippen LogP contribution in [0.1, 0.15) is 18.5 Å². The van der Waals surface area contributed by atoms with Crippen molar-refractivity contribution in [3.05, 3.63) is 18.0 Å². The van der Waals surface area contributed by atoms with Crippen molar-refractivity contribution in [2.75, 3.05) is 24.7 Å². The summed E-state index contributed by atoms with van der Waals surface area (Å²) in [5, 5.41) is 7.36. The van der Waals surface area contributed by atoms with Crippen molar-refractivity contribution < 1.29 is 17.7 Å². The molecule has 3 rings (SSSR count). The van der Waals surface area contributed by atoms with Crippen molar-refractivity contribution in [1.29, 1.82) is 0 Å². The molecule has 1 saturated heterocycles. The molecule has 23 heavy (non-hydrogen) atoms. The number of fused-ring (bicyclic) bond motifs is 1. The van der Waals surface area contributed by atoms with E-state index in [4.69, 9.17) is 4.52 Å². The van der Waals surface area contributed by atoms with Crippen LogP contribution in [0.15, 0.2) is 16.8 Å². The minimum atomic E-state index is -3.27. The molecule has 3 heterocycles. The van der Waals surface area contributed by atoms with E-state index < -0.39 is 10.0 Å². The van der Waals surface area contributed by atoms with Crippen molar-refractivity contribution >= 4 is 32.7 Å². The lowest BCUT2D eigenvalue weighted by molar-refractivity contribution is -0.120. The number of nitrogens with zero attached hydrogens (tertiary/aromatic N) is 3. The SMILES string of the molecule is Cc1noc2ncc(NC(=O)C3CCCN(S(C)(=O)=O)C3)cc12. The Labute approximate surface area is 133 Å². The molecule has 1 N–H and O–H groups in total. The highest BCUT2D eigenvalue weighted by Gasteiger charge is 2.30. The van der Waals surface area contributed by atoms with Crippen LogP contribution in [-0.2, 0) is 14.8 Å². The monoisotopic (exact) mass is 338 g/mol. The van der Waals surface area contributed by atoms with Crippen LogP contribution in [0.3, 0.4) is 0 Å². The van der Waals surface area contributed by atoms with E-state index in [0.717, 1.165) is 5.39 Å². The molecule has 0 aromatic carbocycles. The molecule has 0 aliphatic carbocycles. The van der Waals surface area contributed by atoms with Crippen LogP contribution in [0.2, 0.25) is 0 Å². The summed E-state index contributed by atoms with van der Waals surface area (Å²) in [5.41, 5.74) is 1.66. The molecular weight excluding hydrogens is 320 g/mol. The van der Waals surface area contributed by atoms with Gasteiger partial charge in [-0.2, -0.15) is 0 Å². The molecule has 0 spiro atoms. The zero-order valence-corrected chi connectivity index (χ0v) is 13.8. The van der Waals surface area contributed by atoms with Gasteiger partial charge in [0.2, 0.25) is 15.9 Å². The normalized spacial score (nSPS) is 19.8. The van der Waals surface area contributed by atoms with Gasteiger partial charge in [-0.25, -0.2) is 17.7 Å². The number of hydrogen-bond donors (Lipinski definition) is 1. The maximum atomic E-state index is 12.4. The Balaban J connectivity index is 1.73. The number of amides is 1. The Bertz CT molecular complexity index is 846. The van der Waals surface area contributed by atoms with Crippen LogP contribution in [0, 0.1) is 12.8 Å². The van der Waals surface area contributed by atoms with E-state index in [2.05, 4.69) is 15.5 Å². The van der Waals surface area contributed by atoms with Crippen LogP contribution in [0.4, 0.5) is 5.69 Å². The van der Waals surface area contributed by atoms with Gasteiger partial charge in [0.05, 0.1) is 35.1 Å². The van der Waals surface area contributed by atoms with Crippen LogP contribution in [0.25, 0.3) is 11.1 Å². The number of carbonyl (C=O) groups is 1. The Morgan fingerprint density at radius 2 is 2.26 bits per heavy atom. The third-order valence-electron chi connectivity index (χ3n) is 4.00. The lowest BCUT2D eigenvalue weighted by Crippen LogP contribution is -2.43. The fraction of sp³-hybridized carbons (Fsp3) is 0.500. The van der Waals surface area contributed by atoms with E-state index in [1.165, 1.54) is 16.8 Å². The first kappa shape index (κ1) is 15.9. The predicted molar refractivity (Wildman–Crippen MR) is 84.3 cm³/mol. The largest absolute Gasteiger partial charge is 0.336 e. The molecule has 0 saturated carbocycles. The average Bonchev–Trinajstić information content (AvgIpc) is 2.88. The quantitative estimate of drug-likeness (QED) is 0.900. The van der Waals surface area contributed by atoms with Gasteiger partial charge in [0, 0.05) is 13.1 Å². The first-order valence-electron chi connectivity index (χ1n) is 7.32.